The minimum Gasteiger partial charge on any atom is -0.276 e. The van der Waals surface area contributed by atoms with E-state index in [0.717, 1.165) is 19.3 Å². The molecular formula is C24H24NOP. The van der Waals surface area contributed by atoms with Crippen molar-refractivity contribution in [2.75, 3.05) is 4.90 Å². The van der Waals surface area contributed by atoms with Crippen LogP contribution >= 0.6 is 8.20 Å². The summed E-state index contributed by atoms with van der Waals surface area (Å²) in [4.78, 5) is 15.4. The Kier molecular flexibility index (Phi) is 5.88. The number of benzene rings is 3. The number of hydrogen-bond acceptors (Lipinski definition) is 1. The van der Waals surface area contributed by atoms with Crippen LogP contribution in [0.1, 0.15) is 31.1 Å². The Morgan fingerprint density at radius 1 is 0.741 bits per heavy atom. The molecule has 3 aromatic rings. The van der Waals surface area contributed by atoms with Crippen LogP contribution in [0, 0.1) is 5.41 Å². The van der Waals surface area contributed by atoms with E-state index < -0.39 is 0 Å². The number of anilines is 1. The lowest BCUT2D eigenvalue weighted by atomic mass is 9.95. The molecule has 0 fully saturated rings. The maximum Gasteiger partial charge on any atom is 0.262 e. The normalized spacial score (nSPS) is 11.9. The summed E-state index contributed by atoms with van der Waals surface area (Å²) in [6, 6.07) is 29.7. The van der Waals surface area contributed by atoms with Gasteiger partial charge < -0.3 is 0 Å². The minimum absolute atomic E-state index is 0.00449. The number of rotatable bonds is 4. The molecule has 0 aliphatic rings. The SMILES string of the molecule is CC(C)(C)C(=Pc1ccccc1)N(C(=O)c1ccccc1)c1ccccc1. The Labute approximate surface area is 163 Å². The number of carbonyl (C=O) groups is 1. The summed E-state index contributed by atoms with van der Waals surface area (Å²) < 4.78 is 0. The first kappa shape index (κ1) is 19.1. The van der Waals surface area contributed by atoms with Crippen LogP contribution < -0.4 is 10.2 Å². The largest absolute Gasteiger partial charge is 0.276 e. The van der Waals surface area contributed by atoms with Crippen molar-refractivity contribution in [2.45, 2.75) is 20.8 Å². The number of amides is 1. The molecule has 0 aromatic heterocycles. The predicted molar refractivity (Wildman–Crippen MR) is 117 cm³/mol. The fourth-order valence-corrected chi connectivity index (χ4v) is 4.01. The quantitative estimate of drug-likeness (QED) is 0.531. The van der Waals surface area contributed by atoms with E-state index in [-0.39, 0.29) is 11.3 Å². The van der Waals surface area contributed by atoms with Gasteiger partial charge in [0.2, 0.25) is 0 Å². The molecule has 0 heterocycles. The first-order chi connectivity index (χ1) is 13.0. The molecule has 0 saturated heterocycles. The van der Waals surface area contributed by atoms with Gasteiger partial charge in [0.25, 0.3) is 5.91 Å². The Bertz CT molecular complexity index is 913. The molecule has 0 aliphatic heterocycles. The summed E-state index contributed by atoms with van der Waals surface area (Å²) in [6.45, 7) is 6.48. The van der Waals surface area contributed by atoms with Crippen molar-refractivity contribution in [1.29, 1.82) is 0 Å². The van der Waals surface area contributed by atoms with Gasteiger partial charge >= 0.3 is 0 Å². The van der Waals surface area contributed by atoms with Gasteiger partial charge in [-0.3, -0.25) is 9.69 Å². The molecule has 3 rings (SSSR count). The Morgan fingerprint density at radius 2 is 1.22 bits per heavy atom. The van der Waals surface area contributed by atoms with Gasteiger partial charge in [0, 0.05) is 22.0 Å². The summed E-state index contributed by atoms with van der Waals surface area (Å²) in [5.74, 6) is -0.00449. The van der Waals surface area contributed by atoms with E-state index in [9.17, 15) is 4.79 Å². The van der Waals surface area contributed by atoms with Crippen LogP contribution in [0.2, 0.25) is 0 Å². The topological polar surface area (TPSA) is 20.3 Å². The zero-order valence-electron chi connectivity index (χ0n) is 16.0. The Hall–Kier alpha value is -2.70. The predicted octanol–water partition coefficient (Wildman–Crippen LogP) is 5.78. The van der Waals surface area contributed by atoms with Gasteiger partial charge in [-0.25, -0.2) is 0 Å². The third-order valence-corrected chi connectivity index (χ3v) is 5.75. The summed E-state index contributed by atoms with van der Waals surface area (Å²) in [5.41, 5.74) is 2.44. The lowest BCUT2D eigenvalue weighted by Crippen LogP contribution is -2.43. The van der Waals surface area contributed by atoms with Crippen LogP contribution in [0.25, 0.3) is 0 Å². The molecule has 0 saturated carbocycles. The molecule has 0 unspecified atom stereocenters. The molecule has 136 valence electrons. The molecule has 3 heteroatoms. The van der Waals surface area contributed by atoms with Crippen molar-refractivity contribution in [1.82, 2.24) is 0 Å². The molecule has 27 heavy (non-hydrogen) atoms. The second kappa shape index (κ2) is 8.33. The highest BCUT2D eigenvalue weighted by Crippen LogP contribution is 2.30. The summed E-state index contributed by atoms with van der Waals surface area (Å²) in [6.07, 6.45) is 0. The first-order valence-corrected chi connectivity index (χ1v) is 9.95. The van der Waals surface area contributed by atoms with Gasteiger partial charge in [0.15, 0.2) is 0 Å². The molecule has 0 atom stereocenters. The van der Waals surface area contributed by atoms with Crippen LogP contribution in [0.15, 0.2) is 91.0 Å². The highest BCUT2D eigenvalue weighted by Gasteiger charge is 2.30. The zero-order chi connectivity index (χ0) is 19.3. The van der Waals surface area contributed by atoms with Crippen molar-refractivity contribution in [2.24, 2.45) is 5.41 Å². The minimum atomic E-state index is -0.183. The zero-order valence-corrected chi connectivity index (χ0v) is 16.9. The van der Waals surface area contributed by atoms with Crippen LogP contribution in [-0.2, 0) is 0 Å². The van der Waals surface area contributed by atoms with Gasteiger partial charge in [-0.15, -0.1) is 0 Å². The number of nitrogens with zero attached hydrogens (tertiary/aromatic N) is 1. The van der Waals surface area contributed by atoms with E-state index in [1.165, 1.54) is 5.30 Å². The Morgan fingerprint density at radius 3 is 1.74 bits per heavy atom. The van der Waals surface area contributed by atoms with Crippen molar-refractivity contribution in [3.8, 4) is 0 Å². The summed E-state index contributed by atoms with van der Waals surface area (Å²) in [7, 11) is 1.03. The summed E-state index contributed by atoms with van der Waals surface area (Å²) in [5, 5.41) is 1.17. The van der Waals surface area contributed by atoms with Gasteiger partial charge in [-0.05, 0) is 32.5 Å². The van der Waals surface area contributed by atoms with Crippen LogP contribution in [0.4, 0.5) is 5.69 Å². The second-order valence-corrected chi connectivity index (χ2v) is 8.53. The average Bonchev–Trinajstić information content (AvgIpc) is 2.69. The lowest BCUT2D eigenvalue weighted by Gasteiger charge is -2.33. The fourth-order valence-electron chi connectivity index (χ4n) is 2.80. The molecule has 0 N–H and O–H groups in total. The van der Waals surface area contributed by atoms with Crippen LogP contribution in [0.3, 0.4) is 0 Å². The summed E-state index contributed by atoms with van der Waals surface area (Å²) >= 11 is 0. The molecule has 0 radical (unpaired) electrons. The fraction of sp³-hybridized carbons (Fsp3) is 0.167. The van der Waals surface area contributed by atoms with Crippen molar-refractivity contribution in [3.63, 3.8) is 0 Å². The molecule has 0 bridgehead atoms. The van der Waals surface area contributed by atoms with Crippen molar-refractivity contribution >= 4 is 30.5 Å². The van der Waals surface area contributed by atoms with E-state index in [1.54, 1.807) is 0 Å². The van der Waals surface area contributed by atoms with Crippen molar-refractivity contribution < 1.29 is 4.79 Å². The maximum atomic E-state index is 13.5. The van der Waals surface area contributed by atoms with Crippen LogP contribution in [-0.4, -0.2) is 11.3 Å². The molecule has 3 aromatic carbocycles. The molecule has 2 nitrogen and oxygen atoms in total. The van der Waals surface area contributed by atoms with E-state index >= 15 is 0 Å². The number of carbonyl (C=O) groups excluding carboxylic acids is 1. The van der Waals surface area contributed by atoms with E-state index in [0.29, 0.717) is 5.56 Å². The first-order valence-electron chi connectivity index (χ1n) is 9.05. The third kappa shape index (κ3) is 4.72. The van der Waals surface area contributed by atoms with E-state index in [2.05, 4.69) is 32.9 Å². The molecule has 0 aliphatic carbocycles. The van der Waals surface area contributed by atoms with Crippen molar-refractivity contribution in [3.05, 3.63) is 96.6 Å². The average molecular weight is 373 g/mol. The van der Waals surface area contributed by atoms with Gasteiger partial charge in [-0.1, -0.05) is 87.5 Å². The molecular weight excluding hydrogens is 349 g/mol. The van der Waals surface area contributed by atoms with Gasteiger partial charge in [0.1, 0.15) is 0 Å². The van der Waals surface area contributed by atoms with Gasteiger partial charge in [0.05, 0.1) is 5.42 Å². The smallest absolute Gasteiger partial charge is 0.262 e. The lowest BCUT2D eigenvalue weighted by molar-refractivity contribution is 0.100. The van der Waals surface area contributed by atoms with Gasteiger partial charge in [-0.2, -0.15) is 0 Å². The molecule has 1 amide bonds. The number of para-hydroxylation sites is 1. The maximum absolute atomic E-state index is 13.5. The highest BCUT2D eigenvalue weighted by molar-refractivity contribution is 7.49. The third-order valence-electron chi connectivity index (χ3n) is 4.11. The Balaban J connectivity index is 2.18. The number of hydrogen-bond donors (Lipinski definition) is 0. The van der Waals surface area contributed by atoms with E-state index in [1.807, 2.05) is 83.8 Å². The second-order valence-electron chi connectivity index (χ2n) is 7.36. The van der Waals surface area contributed by atoms with Crippen LogP contribution in [0.5, 0.6) is 0 Å². The standard InChI is InChI=1S/C24H24NOP/c1-24(2,3)23(27-21-17-11-6-12-18-21)25(20-15-9-5-10-16-20)22(26)19-13-7-4-8-14-19/h4-18H,1-3H3. The molecule has 0 spiro atoms. The highest BCUT2D eigenvalue weighted by atomic mass is 31.1. The van der Waals surface area contributed by atoms with E-state index in [4.69, 9.17) is 0 Å². The monoisotopic (exact) mass is 373 g/mol.